The molecular formula is C6H4Cl2O8. The zero-order valence-electron chi connectivity index (χ0n) is 7.44. The van der Waals surface area contributed by atoms with Crippen LogP contribution in [0.3, 0.4) is 0 Å². The van der Waals surface area contributed by atoms with Crippen LogP contribution in [0.5, 0.6) is 0 Å². The van der Waals surface area contributed by atoms with Gasteiger partial charge in [0.05, 0.1) is 0 Å². The van der Waals surface area contributed by atoms with Gasteiger partial charge in [-0.1, -0.05) is 0 Å². The van der Waals surface area contributed by atoms with Crippen LogP contribution >= 0.6 is 23.7 Å². The predicted molar refractivity (Wildman–Crippen MR) is 45.8 cm³/mol. The van der Waals surface area contributed by atoms with Crippen LogP contribution in [0.1, 0.15) is 0 Å². The fourth-order valence-electron chi connectivity index (χ4n) is 0.411. The Morgan fingerprint density at radius 3 is 1.31 bits per heavy atom. The molecule has 16 heavy (non-hydrogen) atoms. The normalized spacial score (nSPS) is 8.88. The zero-order chi connectivity index (χ0) is 12.6. The molecule has 0 spiro atoms. The van der Waals surface area contributed by atoms with Crippen molar-refractivity contribution in [3.05, 3.63) is 0 Å². The topological polar surface area (TPSA) is 105 Å². The second kappa shape index (κ2) is 7.71. The first kappa shape index (κ1) is 14.5. The third-order valence-corrected chi connectivity index (χ3v) is 1.33. The number of rotatable bonds is 4. The van der Waals surface area contributed by atoms with Gasteiger partial charge in [-0.25, -0.2) is 19.2 Å². The first-order chi connectivity index (χ1) is 7.51. The van der Waals surface area contributed by atoms with E-state index in [1.54, 1.807) is 0 Å². The van der Waals surface area contributed by atoms with Gasteiger partial charge >= 0.3 is 23.9 Å². The van der Waals surface area contributed by atoms with Gasteiger partial charge in [0.2, 0.25) is 0 Å². The molecule has 0 aromatic carbocycles. The van der Waals surface area contributed by atoms with E-state index in [0.717, 1.165) is 0 Å². The smallest absolute Gasteiger partial charge is 0.418 e. The maximum atomic E-state index is 10.7. The minimum atomic E-state index is -1.50. The summed E-state index contributed by atoms with van der Waals surface area (Å²) in [6.45, 7) is -1.73. The molecule has 0 aromatic heterocycles. The van der Waals surface area contributed by atoms with Gasteiger partial charge in [0.25, 0.3) is 0 Å². The average molecular weight is 275 g/mol. The molecule has 90 valence electrons. The number of esters is 2. The Kier molecular flexibility index (Phi) is 6.97. The summed E-state index contributed by atoms with van der Waals surface area (Å²) in [5, 5.41) is 0. The third kappa shape index (κ3) is 6.04. The van der Waals surface area contributed by atoms with Crippen molar-refractivity contribution in [1.29, 1.82) is 0 Å². The number of hydrogen-bond donors (Lipinski definition) is 0. The lowest BCUT2D eigenvalue weighted by Crippen LogP contribution is -2.25. The third-order valence-electron chi connectivity index (χ3n) is 0.981. The van der Waals surface area contributed by atoms with E-state index in [1.165, 1.54) is 0 Å². The summed E-state index contributed by atoms with van der Waals surface area (Å²) in [5.41, 5.74) is 0. The average Bonchev–Trinajstić information content (AvgIpc) is 2.31. The van der Waals surface area contributed by atoms with E-state index in [1.807, 2.05) is 0 Å². The molecule has 0 amide bonds. The van der Waals surface area contributed by atoms with E-state index >= 15 is 0 Å². The molecule has 10 heteroatoms. The highest BCUT2D eigenvalue weighted by Gasteiger charge is 2.20. The van der Waals surface area contributed by atoms with Crippen LogP contribution in [0.4, 0.5) is 0 Å². The Hall–Kier alpha value is -1.54. The fourth-order valence-corrected chi connectivity index (χ4v) is 0.500. The second-order valence-electron chi connectivity index (χ2n) is 2.05. The predicted octanol–water partition coefficient (Wildman–Crippen LogP) is -0.533. The molecule has 0 N–H and O–H groups in total. The minimum Gasteiger partial charge on any atom is -0.445 e. The van der Waals surface area contributed by atoms with E-state index in [-0.39, 0.29) is 0 Å². The standard InChI is InChI=1S/C6H4Cl2O8/c7-15-3(9)1-13-5(11)6(12)14-2-4(10)16-8/h1-2H2. The molecule has 0 unspecified atom stereocenters. The van der Waals surface area contributed by atoms with Crippen LogP contribution in [0.2, 0.25) is 0 Å². The fraction of sp³-hybridized carbons (Fsp3) is 0.333. The van der Waals surface area contributed by atoms with Gasteiger partial charge in [0, 0.05) is 0 Å². The minimum absolute atomic E-state index is 0.864. The molecular weight excluding hydrogens is 271 g/mol. The van der Waals surface area contributed by atoms with Gasteiger partial charge in [-0.15, -0.1) is 0 Å². The second-order valence-corrected chi connectivity index (χ2v) is 2.36. The van der Waals surface area contributed by atoms with Crippen molar-refractivity contribution in [2.75, 3.05) is 13.2 Å². The van der Waals surface area contributed by atoms with Crippen molar-refractivity contribution in [2.24, 2.45) is 0 Å². The molecule has 0 aliphatic heterocycles. The Balaban J connectivity index is 3.87. The summed E-state index contributed by atoms with van der Waals surface area (Å²) in [4.78, 5) is 42.2. The molecule has 0 atom stereocenters. The molecule has 0 aliphatic rings. The quantitative estimate of drug-likeness (QED) is 0.497. The first-order valence-corrected chi connectivity index (χ1v) is 4.09. The molecule has 0 heterocycles. The summed E-state index contributed by atoms with van der Waals surface area (Å²) >= 11 is 9.21. The molecule has 0 fully saturated rings. The van der Waals surface area contributed by atoms with Crippen LogP contribution in [0.15, 0.2) is 0 Å². The van der Waals surface area contributed by atoms with E-state index in [4.69, 9.17) is 0 Å². The molecule has 8 nitrogen and oxygen atoms in total. The largest absolute Gasteiger partial charge is 0.445 e. The molecule has 0 radical (unpaired) electrons. The van der Waals surface area contributed by atoms with E-state index in [9.17, 15) is 19.2 Å². The van der Waals surface area contributed by atoms with Gasteiger partial charge in [-0.05, 0) is 0 Å². The molecule has 0 rings (SSSR count). The lowest BCUT2D eigenvalue weighted by Gasteiger charge is -2.02. The van der Waals surface area contributed by atoms with Crippen molar-refractivity contribution in [3.63, 3.8) is 0 Å². The SMILES string of the molecule is O=C(COC(=O)C(=O)OCC(=O)OCl)OCl. The molecule has 0 saturated carbocycles. The molecule has 0 aliphatic carbocycles. The molecule has 0 aromatic rings. The summed E-state index contributed by atoms with van der Waals surface area (Å²) in [6.07, 6.45) is 0. The van der Waals surface area contributed by atoms with Crippen molar-refractivity contribution in [3.8, 4) is 0 Å². The number of carbonyl (C=O) groups excluding carboxylic acids is 4. The Morgan fingerprint density at radius 2 is 1.06 bits per heavy atom. The molecule has 0 saturated heterocycles. The van der Waals surface area contributed by atoms with Gasteiger partial charge in [-0.3, -0.25) is 0 Å². The highest BCUT2D eigenvalue weighted by atomic mass is 35.5. The van der Waals surface area contributed by atoms with Gasteiger partial charge in [-0.2, -0.15) is 0 Å². The highest BCUT2D eigenvalue weighted by Crippen LogP contribution is 1.90. The summed E-state index contributed by atoms with van der Waals surface area (Å²) < 4.78 is 15.3. The number of hydrogen-bond acceptors (Lipinski definition) is 8. The summed E-state index contributed by atoms with van der Waals surface area (Å²) in [7, 11) is 0. The van der Waals surface area contributed by atoms with Crippen LogP contribution < -0.4 is 0 Å². The van der Waals surface area contributed by atoms with Crippen molar-refractivity contribution in [2.45, 2.75) is 0 Å². The Labute approximate surface area is 98.6 Å². The lowest BCUT2D eigenvalue weighted by atomic mass is 10.6. The van der Waals surface area contributed by atoms with E-state index in [0.29, 0.717) is 0 Å². The van der Waals surface area contributed by atoms with Crippen molar-refractivity contribution in [1.82, 2.24) is 0 Å². The van der Waals surface area contributed by atoms with Crippen LogP contribution in [-0.2, 0) is 37.2 Å². The first-order valence-electron chi connectivity index (χ1n) is 3.48. The number of carbonyl (C=O) groups is 4. The maximum Gasteiger partial charge on any atom is 0.418 e. The van der Waals surface area contributed by atoms with Crippen molar-refractivity contribution >= 4 is 47.6 Å². The van der Waals surface area contributed by atoms with Crippen LogP contribution in [0, 0.1) is 0 Å². The van der Waals surface area contributed by atoms with E-state index < -0.39 is 37.1 Å². The molecule has 0 bridgehead atoms. The van der Waals surface area contributed by atoms with Gasteiger partial charge in [0.15, 0.2) is 13.2 Å². The van der Waals surface area contributed by atoms with Crippen LogP contribution in [0.25, 0.3) is 0 Å². The van der Waals surface area contributed by atoms with Crippen LogP contribution in [-0.4, -0.2) is 37.1 Å². The summed E-state index contributed by atoms with van der Waals surface area (Å²) in [5.74, 6) is -5.15. The number of ether oxygens (including phenoxy) is 2. The Bertz CT molecular complexity index is 271. The Morgan fingerprint density at radius 1 is 0.750 bits per heavy atom. The van der Waals surface area contributed by atoms with Gasteiger partial charge < -0.3 is 18.1 Å². The maximum absolute atomic E-state index is 10.7. The monoisotopic (exact) mass is 274 g/mol. The lowest BCUT2D eigenvalue weighted by molar-refractivity contribution is -0.171. The zero-order valence-corrected chi connectivity index (χ0v) is 8.95. The van der Waals surface area contributed by atoms with Crippen molar-refractivity contribution < 1.29 is 37.2 Å². The van der Waals surface area contributed by atoms with Gasteiger partial charge in [0.1, 0.15) is 23.7 Å². The highest BCUT2D eigenvalue weighted by molar-refractivity contribution is 6.30. The summed E-state index contributed by atoms with van der Waals surface area (Å²) in [6, 6.07) is 0. The number of halogens is 2. The van der Waals surface area contributed by atoms with E-state index in [2.05, 4.69) is 41.8 Å².